The summed E-state index contributed by atoms with van der Waals surface area (Å²) in [6.07, 6.45) is 5.99. The summed E-state index contributed by atoms with van der Waals surface area (Å²) >= 11 is 0. The van der Waals surface area contributed by atoms with E-state index in [9.17, 15) is 9.59 Å². The molecule has 1 N–H and O–H groups in total. The zero-order valence-corrected chi connectivity index (χ0v) is 17.8. The van der Waals surface area contributed by atoms with Crippen molar-refractivity contribution < 1.29 is 19.1 Å². The minimum absolute atomic E-state index is 0.0732. The highest BCUT2D eigenvalue weighted by Crippen LogP contribution is 2.25. The fourth-order valence-corrected chi connectivity index (χ4v) is 4.16. The van der Waals surface area contributed by atoms with E-state index in [1.54, 1.807) is 17.0 Å². The molecule has 0 unspecified atom stereocenters. The number of para-hydroxylation sites is 1. The van der Waals surface area contributed by atoms with Gasteiger partial charge in [0.25, 0.3) is 5.91 Å². The van der Waals surface area contributed by atoms with Gasteiger partial charge in [-0.25, -0.2) is 0 Å². The summed E-state index contributed by atoms with van der Waals surface area (Å²) < 4.78 is 11.4. The lowest BCUT2D eigenvalue weighted by Gasteiger charge is -2.27. The van der Waals surface area contributed by atoms with Crippen molar-refractivity contribution in [2.45, 2.75) is 44.6 Å². The van der Waals surface area contributed by atoms with E-state index in [1.807, 2.05) is 36.4 Å². The standard InChI is InChI=1S/C25H30N2O4/c28-24(13-12-19-6-5-9-21(18-19)31-20-7-1-2-8-20)26-23-11-4-3-10-22(23)25(29)27-14-16-30-17-15-27/h3-6,9-11,18,20H,1-2,7-8,12-17H2,(H,26,28). The minimum Gasteiger partial charge on any atom is -0.490 e. The predicted octanol–water partition coefficient (Wildman–Crippen LogP) is 4.05. The van der Waals surface area contributed by atoms with Gasteiger partial charge in [0.05, 0.1) is 30.6 Å². The van der Waals surface area contributed by atoms with Crippen molar-refractivity contribution in [2.75, 3.05) is 31.6 Å². The number of hydrogen-bond acceptors (Lipinski definition) is 4. The molecule has 0 bridgehead atoms. The average molecular weight is 423 g/mol. The molecule has 1 saturated carbocycles. The molecule has 1 aliphatic carbocycles. The number of carbonyl (C=O) groups is 2. The third kappa shape index (κ3) is 5.85. The normalized spacial score (nSPS) is 16.8. The fourth-order valence-electron chi connectivity index (χ4n) is 4.16. The number of aryl methyl sites for hydroxylation is 1. The highest BCUT2D eigenvalue weighted by atomic mass is 16.5. The van der Waals surface area contributed by atoms with Crippen LogP contribution in [0.15, 0.2) is 48.5 Å². The number of amides is 2. The second kappa shape index (κ2) is 10.4. The number of morpholine rings is 1. The van der Waals surface area contributed by atoms with Crippen molar-refractivity contribution in [3.05, 3.63) is 59.7 Å². The highest BCUT2D eigenvalue weighted by molar-refractivity contribution is 6.03. The Kier molecular flexibility index (Phi) is 7.20. The van der Waals surface area contributed by atoms with Crippen molar-refractivity contribution in [2.24, 2.45) is 0 Å². The number of rotatable bonds is 7. The summed E-state index contributed by atoms with van der Waals surface area (Å²) in [5.41, 5.74) is 2.15. The minimum atomic E-state index is -0.107. The van der Waals surface area contributed by atoms with Crippen LogP contribution in [0.5, 0.6) is 5.75 Å². The molecule has 164 valence electrons. The Morgan fingerprint density at radius 1 is 1.03 bits per heavy atom. The summed E-state index contributed by atoms with van der Waals surface area (Å²) in [7, 11) is 0. The van der Waals surface area contributed by atoms with Gasteiger partial charge in [0, 0.05) is 19.5 Å². The summed E-state index contributed by atoms with van der Waals surface area (Å²) in [6.45, 7) is 2.23. The Balaban J connectivity index is 1.33. The molecule has 6 nitrogen and oxygen atoms in total. The van der Waals surface area contributed by atoms with E-state index in [0.29, 0.717) is 56.5 Å². The Morgan fingerprint density at radius 2 is 1.81 bits per heavy atom. The zero-order valence-electron chi connectivity index (χ0n) is 17.8. The molecule has 1 saturated heterocycles. The molecule has 0 radical (unpaired) electrons. The van der Waals surface area contributed by atoms with Gasteiger partial charge in [-0.15, -0.1) is 0 Å². The first-order valence-corrected chi connectivity index (χ1v) is 11.2. The summed E-state index contributed by atoms with van der Waals surface area (Å²) in [4.78, 5) is 27.2. The van der Waals surface area contributed by atoms with E-state index < -0.39 is 0 Å². The van der Waals surface area contributed by atoms with Gasteiger partial charge in [-0.3, -0.25) is 9.59 Å². The van der Waals surface area contributed by atoms with Crippen LogP contribution < -0.4 is 10.1 Å². The van der Waals surface area contributed by atoms with Crippen LogP contribution in [0.3, 0.4) is 0 Å². The van der Waals surface area contributed by atoms with Crippen molar-refractivity contribution >= 4 is 17.5 Å². The summed E-state index contributed by atoms with van der Waals surface area (Å²) in [5, 5.41) is 2.93. The number of nitrogens with one attached hydrogen (secondary N) is 1. The maximum atomic E-state index is 12.9. The van der Waals surface area contributed by atoms with E-state index in [4.69, 9.17) is 9.47 Å². The van der Waals surface area contributed by atoms with E-state index in [1.165, 1.54) is 12.8 Å². The number of anilines is 1. The van der Waals surface area contributed by atoms with E-state index in [0.717, 1.165) is 24.2 Å². The predicted molar refractivity (Wildman–Crippen MR) is 119 cm³/mol. The Morgan fingerprint density at radius 3 is 2.61 bits per heavy atom. The van der Waals surface area contributed by atoms with Crippen LogP contribution in [-0.4, -0.2) is 49.1 Å². The maximum absolute atomic E-state index is 12.9. The zero-order chi connectivity index (χ0) is 21.5. The van der Waals surface area contributed by atoms with E-state index in [-0.39, 0.29) is 11.8 Å². The molecule has 0 spiro atoms. The summed E-state index contributed by atoms with van der Waals surface area (Å²) in [6, 6.07) is 15.2. The van der Waals surface area contributed by atoms with Gasteiger partial charge in [0.2, 0.25) is 5.91 Å². The molecule has 0 aromatic heterocycles. The molecule has 1 aliphatic heterocycles. The second-order valence-corrected chi connectivity index (χ2v) is 8.17. The first-order valence-electron chi connectivity index (χ1n) is 11.2. The van der Waals surface area contributed by atoms with Crippen LogP contribution >= 0.6 is 0 Å². The lowest BCUT2D eigenvalue weighted by molar-refractivity contribution is -0.116. The molecule has 4 rings (SSSR count). The van der Waals surface area contributed by atoms with Crippen molar-refractivity contribution in [3.63, 3.8) is 0 Å². The molecule has 6 heteroatoms. The first kappa shape index (κ1) is 21.4. The van der Waals surface area contributed by atoms with Crippen molar-refractivity contribution in [1.82, 2.24) is 4.90 Å². The Hall–Kier alpha value is -2.86. The van der Waals surface area contributed by atoms with E-state index >= 15 is 0 Å². The van der Waals surface area contributed by atoms with Crippen LogP contribution in [0, 0.1) is 0 Å². The SMILES string of the molecule is O=C(CCc1cccc(OC2CCCC2)c1)Nc1ccccc1C(=O)N1CCOCC1. The number of ether oxygens (including phenoxy) is 2. The second-order valence-electron chi connectivity index (χ2n) is 8.17. The lowest BCUT2D eigenvalue weighted by atomic mass is 10.1. The number of benzene rings is 2. The van der Waals surface area contributed by atoms with Gasteiger partial charge in [0.15, 0.2) is 0 Å². The third-order valence-electron chi connectivity index (χ3n) is 5.87. The largest absolute Gasteiger partial charge is 0.490 e. The monoisotopic (exact) mass is 422 g/mol. The van der Waals surface area contributed by atoms with Crippen LogP contribution in [0.1, 0.15) is 48.0 Å². The fraction of sp³-hybridized carbons (Fsp3) is 0.440. The smallest absolute Gasteiger partial charge is 0.256 e. The molecule has 2 amide bonds. The molecule has 31 heavy (non-hydrogen) atoms. The summed E-state index contributed by atoms with van der Waals surface area (Å²) in [5.74, 6) is 0.701. The van der Waals surface area contributed by atoms with Crippen LogP contribution in [0.4, 0.5) is 5.69 Å². The maximum Gasteiger partial charge on any atom is 0.256 e. The quantitative estimate of drug-likeness (QED) is 0.731. The van der Waals surface area contributed by atoms with Crippen LogP contribution in [0.25, 0.3) is 0 Å². The lowest BCUT2D eigenvalue weighted by Crippen LogP contribution is -2.41. The average Bonchev–Trinajstić information content (AvgIpc) is 3.31. The Bertz CT molecular complexity index is 902. The molecule has 1 heterocycles. The van der Waals surface area contributed by atoms with Gasteiger partial charge >= 0.3 is 0 Å². The molecular formula is C25H30N2O4. The number of hydrogen-bond donors (Lipinski definition) is 1. The topological polar surface area (TPSA) is 67.9 Å². The molecule has 2 aliphatic rings. The van der Waals surface area contributed by atoms with Gasteiger partial charge in [-0.05, 0) is 61.9 Å². The Labute approximate surface area is 183 Å². The molecule has 2 aromatic carbocycles. The van der Waals surface area contributed by atoms with Crippen molar-refractivity contribution in [1.29, 1.82) is 0 Å². The number of nitrogens with zero attached hydrogens (tertiary/aromatic N) is 1. The first-order chi connectivity index (χ1) is 15.2. The van der Waals surface area contributed by atoms with Crippen LogP contribution in [-0.2, 0) is 16.0 Å². The number of carbonyl (C=O) groups excluding carboxylic acids is 2. The molecule has 2 aromatic rings. The van der Waals surface area contributed by atoms with E-state index in [2.05, 4.69) is 5.32 Å². The van der Waals surface area contributed by atoms with Crippen LogP contribution in [0.2, 0.25) is 0 Å². The van der Waals surface area contributed by atoms with Gasteiger partial charge in [-0.2, -0.15) is 0 Å². The van der Waals surface area contributed by atoms with Crippen molar-refractivity contribution in [3.8, 4) is 5.75 Å². The molecule has 0 atom stereocenters. The highest BCUT2D eigenvalue weighted by Gasteiger charge is 2.21. The molecular weight excluding hydrogens is 392 g/mol. The molecule has 2 fully saturated rings. The van der Waals surface area contributed by atoms with Gasteiger partial charge in [0.1, 0.15) is 5.75 Å². The van der Waals surface area contributed by atoms with Gasteiger partial charge < -0.3 is 19.7 Å². The third-order valence-corrected chi connectivity index (χ3v) is 5.87. The van der Waals surface area contributed by atoms with Gasteiger partial charge in [-0.1, -0.05) is 24.3 Å².